The summed E-state index contributed by atoms with van der Waals surface area (Å²) >= 11 is 1.83. The first-order chi connectivity index (χ1) is 26.3. The van der Waals surface area contributed by atoms with Gasteiger partial charge in [-0.1, -0.05) is 133 Å². The number of anilines is 3. The van der Waals surface area contributed by atoms with Gasteiger partial charge in [0.25, 0.3) is 0 Å². The minimum Gasteiger partial charge on any atom is -0.455 e. The van der Waals surface area contributed by atoms with Crippen molar-refractivity contribution in [2.75, 3.05) is 4.90 Å². The Labute approximate surface area is 310 Å². The molecule has 2 aromatic heterocycles. The fraction of sp³-hybridized carbons (Fsp3) is 0. The summed E-state index contributed by atoms with van der Waals surface area (Å²) in [7, 11) is 0. The van der Waals surface area contributed by atoms with Crippen molar-refractivity contribution in [2.24, 2.45) is 0 Å². The van der Waals surface area contributed by atoms with Gasteiger partial charge in [-0.25, -0.2) is 0 Å². The van der Waals surface area contributed by atoms with Gasteiger partial charge in [-0.2, -0.15) is 0 Å². The molecule has 3 heteroatoms. The first-order valence-corrected chi connectivity index (χ1v) is 18.8. The smallest absolute Gasteiger partial charge is 0.144 e. The molecule has 2 heterocycles. The van der Waals surface area contributed by atoms with Crippen molar-refractivity contribution in [1.82, 2.24) is 0 Å². The van der Waals surface area contributed by atoms with Crippen LogP contribution in [0.2, 0.25) is 0 Å². The molecule has 0 aliphatic heterocycles. The summed E-state index contributed by atoms with van der Waals surface area (Å²) in [6.07, 6.45) is 0. The maximum Gasteiger partial charge on any atom is 0.144 e. The van der Waals surface area contributed by atoms with E-state index in [1.165, 1.54) is 58.6 Å². The summed E-state index contributed by atoms with van der Waals surface area (Å²) in [5, 5.41) is 9.57. The van der Waals surface area contributed by atoms with Crippen molar-refractivity contribution in [3.8, 4) is 22.3 Å². The zero-order valence-electron chi connectivity index (χ0n) is 28.7. The van der Waals surface area contributed by atoms with Crippen LogP contribution in [0.5, 0.6) is 0 Å². The summed E-state index contributed by atoms with van der Waals surface area (Å²) in [4.78, 5) is 2.38. The van der Waals surface area contributed by atoms with Gasteiger partial charge >= 0.3 is 0 Å². The standard InChI is InChI=1S/C50H31NOS/c1-2-10-32(11-3-1)36-15-8-16-38(30-36)51(37-23-20-35(21-24-37)41-19-9-14-33-12-4-6-17-40(33)41)39-25-27-45-47(31-39)53-46-29-28-44-43-26-22-34-13-5-7-18-42(34)49(43)52-50(44)48(45)46/h1-31H. The Hall–Kier alpha value is -6.68. The van der Waals surface area contributed by atoms with Crippen LogP contribution in [0.25, 0.3) is 85.9 Å². The molecule has 0 atom stereocenters. The van der Waals surface area contributed by atoms with Crippen LogP contribution >= 0.6 is 11.3 Å². The van der Waals surface area contributed by atoms with Crippen LogP contribution in [0.1, 0.15) is 0 Å². The van der Waals surface area contributed by atoms with E-state index in [1.807, 2.05) is 11.3 Å². The van der Waals surface area contributed by atoms with Crippen molar-refractivity contribution < 1.29 is 4.42 Å². The zero-order chi connectivity index (χ0) is 34.9. The molecule has 2 nitrogen and oxygen atoms in total. The Morgan fingerprint density at radius 1 is 0.358 bits per heavy atom. The van der Waals surface area contributed by atoms with Gasteiger partial charge in [0.05, 0.1) is 0 Å². The summed E-state index contributed by atoms with van der Waals surface area (Å²) in [5.74, 6) is 0. The van der Waals surface area contributed by atoms with Crippen molar-refractivity contribution in [2.45, 2.75) is 0 Å². The van der Waals surface area contributed by atoms with Crippen LogP contribution in [0, 0.1) is 0 Å². The van der Waals surface area contributed by atoms with Gasteiger partial charge in [-0.3, -0.25) is 0 Å². The highest BCUT2D eigenvalue weighted by atomic mass is 32.1. The normalized spacial score (nSPS) is 11.8. The fourth-order valence-corrected chi connectivity index (χ4v) is 9.26. The largest absolute Gasteiger partial charge is 0.455 e. The average Bonchev–Trinajstić information content (AvgIpc) is 3.80. The van der Waals surface area contributed by atoms with Crippen molar-refractivity contribution >= 4 is 92.1 Å². The van der Waals surface area contributed by atoms with Crippen LogP contribution in [-0.2, 0) is 0 Å². The predicted octanol–water partition coefficient (Wildman–Crippen LogP) is 15.1. The van der Waals surface area contributed by atoms with Crippen LogP contribution in [-0.4, -0.2) is 0 Å². The lowest BCUT2D eigenvalue weighted by atomic mass is 9.98. The lowest BCUT2D eigenvalue weighted by molar-refractivity contribution is 0.677. The molecule has 0 radical (unpaired) electrons. The second kappa shape index (κ2) is 11.9. The highest BCUT2D eigenvalue weighted by Gasteiger charge is 2.19. The van der Waals surface area contributed by atoms with Crippen LogP contribution < -0.4 is 4.90 Å². The van der Waals surface area contributed by atoms with Gasteiger partial charge < -0.3 is 9.32 Å². The Kier molecular flexibility index (Phi) is 6.76. The Morgan fingerprint density at radius 3 is 1.87 bits per heavy atom. The summed E-state index contributed by atoms with van der Waals surface area (Å²) in [6.45, 7) is 0. The quantitative estimate of drug-likeness (QED) is 0.178. The highest BCUT2D eigenvalue weighted by Crippen LogP contribution is 2.46. The number of benzene rings is 9. The van der Waals surface area contributed by atoms with E-state index in [9.17, 15) is 0 Å². The Balaban J connectivity index is 1.08. The van der Waals surface area contributed by atoms with Gasteiger partial charge in [0.15, 0.2) is 0 Å². The van der Waals surface area contributed by atoms with Gasteiger partial charge in [0.1, 0.15) is 11.2 Å². The number of furan rings is 1. The predicted molar refractivity (Wildman–Crippen MR) is 227 cm³/mol. The van der Waals surface area contributed by atoms with Crippen molar-refractivity contribution in [3.05, 3.63) is 188 Å². The molecule has 0 unspecified atom stereocenters. The second-order valence-corrected chi connectivity index (χ2v) is 14.8. The maximum absolute atomic E-state index is 6.79. The van der Waals surface area contributed by atoms with E-state index in [1.54, 1.807) is 0 Å². The molecule has 0 amide bonds. The molecule has 0 bridgehead atoms. The molecule has 53 heavy (non-hydrogen) atoms. The third-order valence-electron chi connectivity index (χ3n) is 10.6. The monoisotopic (exact) mass is 693 g/mol. The third kappa shape index (κ3) is 4.86. The van der Waals surface area contributed by atoms with E-state index in [4.69, 9.17) is 4.42 Å². The van der Waals surface area contributed by atoms with Crippen molar-refractivity contribution in [3.63, 3.8) is 0 Å². The second-order valence-electron chi connectivity index (χ2n) is 13.7. The molecule has 9 aromatic carbocycles. The average molecular weight is 694 g/mol. The molecule has 0 saturated heterocycles. The minimum atomic E-state index is 0.956. The number of hydrogen-bond donors (Lipinski definition) is 0. The molecule has 0 saturated carbocycles. The third-order valence-corrected chi connectivity index (χ3v) is 11.8. The van der Waals surface area contributed by atoms with Gasteiger partial charge in [-0.15, -0.1) is 11.3 Å². The van der Waals surface area contributed by atoms with Gasteiger partial charge in [0, 0.05) is 53.4 Å². The molecule has 11 rings (SSSR count). The zero-order valence-corrected chi connectivity index (χ0v) is 29.5. The van der Waals surface area contributed by atoms with E-state index >= 15 is 0 Å². The van der Waals surface area contributed by atoms with Crippen LogP contribution in [0.15, 0.2) is 192 Å². The number of nitrogens with zero attached hydrogens (tertiary/aromatic N) is 1. The van der Waals surface area contributed by atoms with E-state index in [-0.39, 0.29) is 0 Å². The van der Waals surface area contributed by atoms with Crippen LogP contribution in [0.4, 0.5) is 17.1 Å². The summed E-state index contributed by atoms with van der Waals surface area (Å²) < 4.78 is 9.24. The van der Waals surface area contributed by atoms with E-state index in [2.05, 4.69) is 193 Å². The SMILES string of the molecule is c1ccc(-c2cccc(N(c3ccc(-c4cccc5ccccc45)cc3)c3ccc4c(c3)sc3ccc5c6ccc7ccccc7c6oc5c34)c2)cc1. The van der Waals surface area contributed by atoms with Gasteiger partial charge in [-0.05, 0) is 93.0 Å². The molecule has 248 valence electrons. The maximum atomic E-state index is 6.79. The molecule has 0 aliphatic carbocycles. The lowest BCUT2D eigenvalue weighted by Gasteiger charge is -2.26. The minimum absolute atomic E-state index is 0.956. The molecule has 0 N–H and O–H groups in total. The first kappa shape index (κ1) is 30.0. The molecule has 0 spiro atoms. The summed E-state index contributed by atoms with van der Waals surface area (Å²) in [5.41, 5.74) is 10.1. The Bertz CT molecular complexity index is 3170. The first-order valence-electron chi connectivity index (χ1n) is 18.0. The molecule has 0 aliphatic rings. The number of rotatable bonds is 5. The molecular weight excluding hydrogens is 663 g/mol. The van der Waals surface area contributed by atoms with E-state index < -0.39 is 0 Å². The van der Waals surface area contributed by atoms with Crippen molar-refractivity contribution in [1.29, 1.82) is 0 Å². The summed E-state index contributed by atoms with van der Waals surface area (Å²) in [6, 6.07) is 67.9. The van der Waals surface area contributed by atoms with E-state index in [0.29, 0.717) is 0 Å². The number of thiophene rings is 1. The molecular formula is C50H31NOS. The number of hydrogen-bond acceptors (Lipinski definition) is 3. The Morgan fingerprint density at radius 2 is 1.00 bits per heavy atom. The van der Waals surface area contributed by atoms with E-state index in [0.717, 1.165) is 44.4 Å². The molecule has 11 aromatic rings. The molecule has 0 fully saturated rings. The topological polar surface area (TPSA) is 16.4 Å². The highest BCUT2D eigenvalue weighted by molar-refractivity contribution is 7.26. The fourth-order valence-electron chi connectivity index (χ4n) is 8.12. The van der Waals surface area contributed by atoms with Gasteiger partial charge in [0.2, 0.25) is 0 Å². The lowest BCUT2D eigenvalue weighted by Crippen LogP contribution is -2.09. The number of fused-ring (bicyclic) bond motifs is 10. The van der Waals surface area contributed by atoms with Crippen LogP contribution in [0.3, 0.4) is 0 Å².